The van der Waals surface area contributed by atoms with Crippen molar-refractivity contribution in [2.24, 2.45) is 0 Å². The van der Waals surface area contributed by atoms with Crippen molar-refractivity contribution >= 4 is 27.3 Å². The highest BCUT2D eigenvalue weighted by Gasteiger charge is 2.06. The van der Waals surface area contributed by atoms with Crippen molar-refractivity contribution < 1.29 is 0 Å². The first kappa shape index (κ1) is 9.80. The van der Waals surface area contributed by atoms with Crippen LogP contribution in [0, 0.1) is 0 Å². The molecule has 0 fully saturated rings. The Hall–Kier alpha value is -0.740. The lowest BCUT2D eigenvalue weighted by Gasteiger charge is -2.02. The van der Waals surface area contributed by atoms with Crippen molar-refractivity contribution in [3.63, 3.8) is 0 Å². The lowest BCUT2D eigenvalue weighted by molar-refractivity contribution is 1.09. The third-order valence-corrected chi connectivity index (χ3v) is 3.41. The number of aryl methyl sites for hydroxylation is 1. The van der Waals surface area contributed by atoms with E-state index in [1.807, 2.05) is 0 Å². The molecule has 0 radical (unpaired) electrons. The van der Waals surface area contributed by atoms with Crippen molar-refractivity contribution in [1.82, 2.24) is 10.2 Å². The molecule has 0 aliphatic heterocycles. The van der Waals surface area contributed by atoms with Gasteiger partial charge in [-0.05, 0) is 18.1 Å². The lowest BCUT2D eigenvalue weighted by Crippen LogP contribution is -1.83. The highest BCUT2D eigenvalue weighted by molar-refractivity contribution is 9.10. The summed E-state index contributed by atoms with van der Waals surface area (Å²) in [5, 5.41) is 8.83. The SMILES string of the molecule is CCc1ccc(-c2nncs2)c(Br)c1. The van der Waals surface area contributed by atoms with E-state index in [0.29, 0.717) is 0 Å². The smallest absolute Gasteiger partial charge is 0.147 e. The molecular weight excluding hydrogens is 260 g/mol. The van der Waals surface area contributed by atoms with Crippen molar-refractivity contribution in [2.75, 3.05) is 0 Å². The van der Waals surface area contributed by atoms with E-state index in [-0.39, 0.29) is 0 Å². The number of hydrogen-bond acceptors (Lipinski definition) is 3. The highest BCUT2D eigenvalue weighted by atomic mass is 79.9. The molecule has 1 aromatic carbocycles. The van der Waals surface area contributed by atoms with Crippen LogP contribution in [0.5, 0.6) is 0 Å². The Morgan fingerprint density at radius 3 is 2.86 bits per heavy atom. The van der Waals surface area contributed by atoms with Crippen LogP contribution in [0.25, 0.3) is 10.6 Å². The molecule has 4 heteroatoms. The van der Waals surface area contributed by atoms with Crippen molar-refractivity contribution in [3.8, 4) is 10.6 Å². The van der Waals surface area contributed by atoms with Gasteiger partial charge in [-0.15, -0.1) is 10.2 Å². The average molecular weight is 269 g/mol. The average Bonchev–Trinajstić information content (AvgIpc) is 2.70. The van der Waals surface area contributed by atoms with Gasteiger partial charge < -0.3 is 0 Å². The van der Waals surface area contributed by atoms with Gasteiger partial charge in [0.15, 0.2) is 0 Å². The Labute approximate surface area is 95.1 Å². The van der Waals surface area contributed by atoms with Gasteiger partial charge in [0, 0.05) is 10.0 Å². The molecule has 0 N–H and O–H groups in total. The first-order valence-electron chi connectivity index (χ1n) is 4.36. The summed E-state index contributed by atoms with van der Waals surface area (Å²) < 4.78 is 1.09. The van der Waals surface area contributed by atoms with Crippen LogP contribution in [0.2, 0.25) is 0 Å². The number of halogens is 1. The van der Waals surface area contributed by atoms with E-state index < -0.39 is 0 Å². The molecular formula is C10H9BrN2S. The van der Waals surface area contributed by atoms with Gasteiger partial charge in [-0.3, -0.25) is 0 Å². The Balaban J connectivity index is 2.46. The number of aromatic nitrogens is 2. The second kappa shape index (κ2) is 4.19. The summed E-state index contributed by atoms with van der Waals surface area (Å²) in [5.74, 6) is 0. The van der Waals surface area contributed by atoms with Crippen LogP contribution in [0.4, 0.5) is 0 Å². The van der Waals surface area contributed by atoms with Crippen LogP contribution in [0.3, 0.4) is 0 Å². The van der Waals surface area contributed by atoms with Gasteiger partial charge in [0.25, 0.3) is 0 Å². The van der Waals surface area contributed by atoms with E-state index in [2.05, 4.69) is 51.3 Å². The van der Waals surface area contributed by atoms with Crippen LogP contribution < -0.4 is 0 Å². The number of benzene rings is 1. The zero-order valence-electron chi connectivity index (χ0n) is 7.70. The van der Waals surface area contributed by atoms with Gasteiger partial charge in [-0.25, -0.2) is 0 Å². The molecule has 1 heterocycles. The number of rotatable bonds is 2. The van der Waals surface area contributed by atoms with Gasteiger partial charge in [-0.1, -0.05) is 46.3 Å². The Morgan fingerprint density at radius 1 is 1.43 bits per heavy atom. The predicted octanol–water partition coefficient (Wildman–Crippen LogP) is 3.53. The maximum Gasteiger partial charge on any atom is 0.148 e. The minimum absolute atomic E-state index is 0.958. The maximum absolute atomic E-state index is 4.04. The van der Waals surface area contributed by atoms with E-state index in [0.717, 1.165) is 21.5 Å². The highest BCUT2D eigenvalue weighted by Crippen LogP contribution is 2.29. The van der Waals surface area contributed by atoms with Crippen LogP contribution in [0.15, 0.2) is 28.2 Å². The summed E-state index contributed by atoms with van der Waals surface area (Å²) >= 11 is 5.10. The van der Waals surface area contributed by atoms with Crippen LogP contribution in [-0.2, 0) is 6.42 Å². The van der Waals surface area contributed by atoms with Crippen LogP contribution >= 0.6 is 27.3 Å². The summed E-state index contributed by atoms with van der Waals surface area (Å²) in [4.78, 5) is 0. The third kappa shape index (κ3) is 1.86. The molecule has 0 bridgehead atoms. The Morgan fingerprint density at radius 2 is 2.29 bits per heavy atom. The normalized spacial score (nSPS) is 10.4. The third-order valence-electron chi connectivity index (χ3n) is 2.03. The van der Waals surface area contributed by atoms with E-state index in [1.54, 1.807) is 16.8 Å². The van der Waals surface area contributed by atoms with Crippen molar-refractivity contribution in [2.45, 2.75) is 13.3 Å². The molecule has 0 saturated carbocycles. The molecule has 2 aromatic rings. The van der Waals surface area contributed by atoms with Gasteiger partial charge in [0.05, 0.1) is 0 Å². The van der Waals surface area contributed by atoms with Gasteiger partial charge >= 0.3 is 0 Å². The van der Waals surface area contributed by atoms with Gasteiger partial charge in [0.1, 0.15) is 10.5 Å². The van der Waals surface area contributed by atoms with Gasteiger partial charge in [0.2, 0.25) is 0 Å². The first-order chi connectivity index (χ1) is 6.81. The molecule has 72 valence electrons. The van der Waals surface area contributed by atoms with E-state index in [9.17, 15) is 0 Å². The fourth-order valence-electron chi connectivity index (χ4n) is 1.24. The predicted molar refractivity (Wildman–Crippen MR) is 62.4 cm³/mol. The maximum atomic E-state index is 4.04. The number of nitrogens with zero attached hydrogens (tertiary/aromatic N) is 2. The summed E-state index contributed by atoms with van der Waals surface area (Å²) in [6.07, 6.45) is 1.05. The molecule has 0 amide bonds. The molecule has 1 aromatic heterocycles. The summed E-state index contributed by atoms with van der Waals surface area (Å²) in [7, 11) is 0. The molecule has 0 saturated heterocycles. The molecule has 2 rings (SSSR count). The summed E-state index contributed by atoms with van der Waals surface area (Å²) in [6, 6.07) is 6.35. The first-order valence-corrected chi connectivity index (χ1v) is 6.03. The Bertz CT molecular complexity index is 426. The lowest BCUT2D eigenvalue weighted by atomic mass is 10.1. The molecule has 0 unspecified atom stereocenters. The summed E-state index contributed by atoms with van der Waals surface area (Å²) in [6.45, 7) is 2.15. The van der Waals surface area contributed by atoms with E-state index >= 15 is 0 Å². The monoisotopic (exact) mass is 268 g/mol. The molecule has 2 nitrogen and oxygen atoms in total. The van der Waals surface area contributed by atoms with Crippen molar-refractivity contribution in [1.29, 1.82) is 0 Å². The van der Waals surface area contributed by atoms with Gasteiger partial charge in [-0.2, -0.15) is 0 Å². The minimum atomic E-state index is 0.958. The molecule has 0 aliphatic carbocycles. The Kier molecular flexibility index (Phi) is 2.93. The largest absolute Gasteiger partial charge is 0.148 e. The fourth-order valence-corrected chi connectivity index (χ4v) is 2.58. The standard InChI is InChI=1S/C10H9BrN2S/c1-2-7-3-4-8(9(11)5-7)10-13-12-6-14-10/h3-6H,2H2,1H3. The number of hydrogen-bond donors (Lipinski definition) is 0. The second-order valence-corrected chi connectivity index (χ2v) is 4.60. The molecule has 0 atom stereocenters. The molecule has 14 heavy (non-hydrogen) atoms. The van der Waals surface area contributed by atoms with E-state index in [1.165, 1.54) is 5.56 Å². The minimum Gasteiger partial charge on any atom is -0.147 e. The van der Waals surface area contributed by atoms with Crippen molar-refractivity contribution in [3.05, 3.63) is 33.7 Å². The quantitative estimate of drug-likeness (QED) is 0.833. The second-order valence-electron chi connectivity index (χ2n) is 2.91. The topological polar surface area (TPSA) is 25.8 Å². The zero-order valence-corrected chi connectivity index (χ0v) is 10.1. The zero-order chi connectivity index (χ0) is 9.97. The molecule has 0 spiro atoms. The summed E-state index contributed by atoms with van der Waals surface area (Å²) in [5.41, 5.74) is 4.19. The van der Waals surface area contributed by atoms with E-state index in [4.69, 9.17) is 0 Å². The van der Waals surface area contributed by atoms with Crippen LogP contribution in [-0.4, -0.2) is 10.2 Å². The molecule has 0 aliphatic rings. The fraction of sp³-hybridized carbons (Fsp3) is 0.200. The van der Waals surface area contributed by atoms with Crippen LogP contribution in [0.1, 0.15) is 12.5 Å².